The monoisotopic (exact) mass is 339 g/mol. The second kappa shape index (κ2) is 5.95. The van der Waals surface area contributed by atoms with E-state index in [9.17, 15) is 4.79 Å². The van der Waals surface area contributed by atoms with Crippen molar-refractivity contribution in [2.24, 2.45) is 0 Å². The molecule has 2 rings (SSSR count). The minimum absolute atomic E-state index is 0.378. The van der Waals surface area contributed by atoms with Crippen molar-refractivity contribution in [3.8, 4) is 0 Å². The molecule has 0 heterocycles. The summed E-state index contributed by atoms with van der Waals surface area (Å²) in [5.74, 6) is 0. The fourth-order valence-corrected chi connectivity index (χ4v) is 2.07. The van der Waals surface area contributed by atoms with Crippen molar-refractivity contribution >= 4 is 50.6 Å². The van der Waals surface area contributed by atoms with Crippen LogP contribution in [-0.4, -0.2) is 6.03 Å². The summed E-state index contributed by atoms with van der Waals surface area (Å²) in [6.07, 6.45) is 0. The van der Waals surface area contributed by atoms with Crippen LogP contribution in [0.1, 0.15) is 0 Å². The van der Waals surface area contributed by atoms with Crippen LogP contribution in [0.4, 0.5) is 21.9 Å². The zero-order chi connectivity index (χ0) is 13.8. The molecule has 0 atom stereocenters. The molecular formula is C13H11BrClN3O. The average Bonchev–Trinajstić information content (AvgIpc) is 2.33. The lowest BCUT2D eigenvalue weighted by Gasteiger charge is -2.10. The van der Waals surface area contributed by atoms with Gasteiger partial charge in [-0.15, -0.1) is 0 Å². The van der Waals surface area contributed by atoms with Crippen molar-refractivity contribution < 1.29 is 4.79 Å². The number of rotatable bonds is 2. The minimum atomic E-state index is -0.378. The van der Waals surface area contributed by atoms with E-state index in [0.717, 1.165) is 4.47 Å². The van der Waals surface area contributed by atoms with E-state index in [1.54, 1.807) is 42.5 Å². The number of benzene rings is 2. The van der Waals surface area contributed by atoms with E-state index in [1.807, 2.05) is 0 Å². The summed E-state index contributed by atoms with van der Waals surface area (Å²) in [5.41, 5.74) is 7.43. The van der Waals surface area contributed by atoms with Crippen LogP contribution in [0.3, 0.4) is 0 Å². The zero-order valence-electron chi connectivity index (χ0n) is 9.78. The van der Waals surface area contributed by atoms with Gasteiger partial charge in [0, 0.05) is 15.2 Å². The van der Waals surface area contributed by atoms with Gasteiger partial charge >= 0.3 is 6.03 Å². The van der Waals surface area contributed by atoms with Crippen LogP contribution in [0.15, 0.2) is 46.9 Å². The molecule has 4 N–H and O–H groups in total. The van der Waals surface area contributed by atoms with Crippen molar-refractivity contribution in [2.45, 2.75) is 0 Å². The van der Waals surface area contributed by atoms with Gasteiger partial charge in [0.2, 0.25) is 0 Å². The van der Waals surface area contributed by atoms with Crippen LogP contribution in [0.2, 0.25) is 5.02 Å². The molecule has 2 aromatic rings. The second-order valence-corrected chi connectivity index (χ2v) is 5.17. The highest BCUT2D eigenvalue weighted by molar-refractivity contribution is 9.10. The smallest absolute Gasteiger partial charge is 0.323 e. The van der Waals surface area contributed by atoms with Crippen LogP contribution < -0.4 is 16.4 Å². The third-order valence-electron chi connectivity index (χ3n) is 2.34. The number of anilines is 3. The summed E-state index contributed by atoms with van der Waals surface area (Å²) in [7, 11) is 0. The largest absolute Gasteiger partial charge is 0.397 e. The molecule has 0 unspecified atom stereocenters. The quantitative estimate of drug-likeness (QED) is 0.712. The van der Waals surface area contributed by atoms with E-state index in [1.165, 1.54) is 0 Å². The first-order valence-electron chi connectivity index (χ1n) is 5.43. The Morgan fingerprint density at radius 3 is 2.63 bits per heavy atom. The zero-order valence-corrected chi connectivity index (χ0v) is 12.1. The van der Waals surface area contributed by atoms with Gasteiger partial charge in [-0.3, -0.25) is 0 Å². The van der Waals surface area contributed by atoms with Crippen LogP contribution in [0.5, 0.6) is 0 Å². The van der Waals surface area contributed by atoms with E-state index in [4.69, 9.17) is 17.3 Å². The molecule has 0 bridgehead atoms. The topological polar surface area (TPSA) is 67.1 Å². The lowest BCUT2D eigenvalue weighted by Crippen LogP contribution is -2.20. The highest BCUT2D eigenvalue weighted by Gasteiger charge is 2.06. The van der Waals surface area contributed by atoms with Gasteiger partial charge in [0.25, 0.3) is 0 Å². The molecule has 0 spiro atoms. The molecule has 19 heavy (non-hydrogen) atoms. The molecule has 0 aliphatic carbocycles. The van der Waals surface area contributed by atoms with Crippen molar-refractivity contribution in [1.82, 2.24) is 0 Å². The van der Waals surface area contributed by atoms with Crippen LogP contribution in [0.25, 0.3) is 0 Å². The van der Waals surface area contributed by atoms with Gasteiger partial charge in [0.1, 0.15) is 0 Å². The fraction of sp³-hybridized carbons (Fsp3) is 0. The van der Waals surface area contributed by atoms with Crippen molar-refractivity contribution in [2.75, 3.05) is 16.4 Å². The molecule has 0 fully saturated rings. The van der Waals surface area contributed by atoms with Gasteiger partial charge in [0.05, 0.1) is 11.4 Å². The molecule has 0 radical (unpaired) electrons. The molecular weight excluding hydrogens is 330 g/mol. The number of carbonyl (C=O) groups is 1. The number of hydrogen-bond acceptors (Lipinski definition) is 2. The Kier molecular flexibility index (Phi) is 4.29. The van der Waals surface area contributed by atoms with E-state index < -0.39 is 0 Å². The summed E-state index contributed by atoms with van der Waals surface area (Å²) in [5, 5.41) is 5.89. The molecule has 0 aliphatic heterocycles. The number of amides is 2. The number of nitrogen functional groups attached to an aromatic ring is 1. The summed E-state index contributed by atoms with van der Waals surface area (Å²) >= 11 is 9.14. The number of urea groups is 1. The van der Waals surface area contributed by atoms with Crippen LogP contribution in [0, 0.1) is 0 Å². The Balaban J connectivity index is 2.05. The standard InChI is InChI=1S/C13H11BrClN3O/c14-8-4-5-12(11(16)6-8)18-13(19)17-10-3-1-2-9(15)7-10/h1-7H,16H2,(H2,17,18,19). The number of hydrogen-bond donors (Lipinski definition) is 3. The molecule has 98 valence electrons. The van der Waals surface area contributed by atoms with Gasteiger partial charge in [0.15, 0.2) is 0 Å². The Morgan fingerprint density at radius 2 is 1.95 bits per heavy atom. The highest BCUT2D eigenvalue weighted by Crippen LogP contribution is 2.23. The Morgan fingerprint density at radius 1 is 1.16 bits per heavy atom. The van der Waals surface area contributed by atoms with E-state index in [2.05, 4.69) is 26.6 Å². The van der Waals surface area contributed by atoms with Gasteiger partial charge in [-0.1, -0.05) is 33.6 Å². The number of carbonyl (C=O) groups excluding carboxylic acids is 1. The van der Waals surface area contributed by atoms with E-state index >= 15 is 0 Å². The summed E-state index contributed by atoms with van der Waals surface area (Å²) in [4.78, 5) is 11.8. The van der Waals surface area contributed by atoms with Crippen molar-refractivity contribution in [1.29, 1.82) is 0 Å². The normalized spacial score (nSPS) is 10.0. The number of halogens is 2. The Hall–Kier alpha value is -1.72. The van der Waals surface area contributed by atoms with Gasteiger partial charge in [-0.2, -0.15) is 0 Å². The minimum Gasteiger partial charge on any atom is -0.397 e. The summed E-state index contributed by atoms with van der Waals surface area (Å²) in [6, 6.07) is 11.7. The second-order valence-electron chi connectivity index (χ2n) is 3.82. The third kappa shape index (κ3) is 3.87. The van der Waals surface area contributed by atoms with Gasteiger partial charge in [-0.05, 0) is 36.4 Å². The predicted octanol–water partition coefficient (Wildman–Crippen LogP) is 4.33. The van der Waals surface area contributed by atoms with Crippen molar-refractivity contribution in [3.05, 3.63) is 52.0 Å². The van der Waals surface area contributed by atoms with Gasteiger partial charge < -0.3 is 16.4 Å². The Labute approximate surface area is 124 Å². The molecule has 0 saturated heterocycles. The first-order valence-corrected chi connectivity index (χ1v) is 6.60. The maximum atomic E-state index is 11.8. The first kappa shape index (κ1) is 13.7. The molecule has 0 saturated carbocycles. The molecule has 0 aliphatic rings. The SMILES string of the molecule is Nc1cc(Br)ccc1NC(=O)Nc1cccc(Cl)c1. The van der Waals surface area contributed by atoms with E-state index in [-0.39, 0.29) is 6.03 Å². The summed E-state index contributed by atoms with van der Waals surface area (Å²) in [6.45, 7) is 0. The highest BCUT2D eigenvalue weighted by atomic mass is 79.9. The number of nitrogens with two attached hydrogens (primary N) is 1. The predicted molar refractivity (Wildman–Crippen MR) is 82.6 cm³/mol. The maximum Gasteiger partial charge on any atom is 0.323 e. The van der Waals surface area contributed by atoms with E-state index in [0.29, 0.717) is 22.1 Å². The lowest BCUT2D eigenvalue weighted by atomic mass is 10.3. The van der Waals surface area contributed by atoms with Crippen molar-refractivity contribution in [3.63, 3.8) is 0 Å². The fourth-order valence-electron chi connectivity index (χ4n) is 1.50. The van der Waals surface area contributed by atoms with Crippen LogP contribution >= 0.6 is 27.5 Å². The average molecular weight is 341 g/mol. The molecule has 2 aromatic carbocycles. The molecule has 2 amide bonds. The summed E-state index contributed by atoms with van der Waals surface area (Å²) < 4.78 is 0.853. The lowest BCUT2D eigenvalue weighted by molar-refractivity contribution is 0.262. The molecule has 6 heteroatoms. The molecule has 4 nitrogen and oxygen atoms in total. The van der Waals surface area contributed by atoms with Crippen LogP contribution in [-0.2, 0) is 0 Å². The maximum absolute atomic E-state index is 11.8. The first-order chi connectivity index (χ1) is 9.04. The van der Waals surface area contributed by atoms with Gasteiger partial charge in [-0.25, -0.2) is 4.79 Å². The third-order valence-corrected chi connectivity index (χ3v) is 3.07. The molecule has 0 aromatic heterocycles. The number of nitrogens with one attached hydrogen (secondary N) is 2. The Bertz CT molecular complexity index is 619.